The van der Waals surface area contributed by atoms with Crippen molar-refractivity contribution in [3.05, 3.63) is 69.2 Å². The highest BCUT2D eigenvalue weighted by atomic mass is 32.2. The second-order valence-corrected chi connectivity index (χ2v) is 6.41. The number of esters is 1. The van der Waals surface area contributed by atoms with Crippen molar-refractivity contribution in [1.29, 1.82) is 0 Å². The normalized spacial score (nSPS) is 10.8. The Morgan fingerprint density at radius 3 is 2.84 bits per heavy atom. The van der Waals surface area contributed by atoms with E-state index in [1.807, 2.05) is 32.2 Å². The molecule has 0 amide bonds. The standard InChI is InChI=1S/C19H17NO4S/c1-11-6-7-14-13(9-16(21)24-17(14)12(11)2)10-23-19(22)15-5-4-8-20-18(15)25-3/h4-9H,10H2,1-3H3. The van der Waals surface area contributed by atoms with Crippen molar-refractivity contribution < 1.29 is 13.9 Å². The van der Waals surface area contributed by atoms with Crippen molar-refractivity contribution in [2.75, 3.05) is 6.26 Å². The van der Waals surface area contributed by atoms with E-state index < -0.39 is 11.6 Å². The summed E-state index contributed by atoms with van der Waals surface area (Å²) in [4.78, 5) is 28.4. The molecule has 1 aromatic carbocycles. The molecule has 0 bridgehead atoms. The molecule has 2 heterocycles. The lowest BCUT2D eigenvalue weighted by Gasteiger charge is -2.10. The van der Waals surface area contributed by atoms with E-state index in [0.717, 1.165) is 16.5 Å². The molecular formula is C19H17NO4S. The van der Waals surface area contributed by atoms with Gasteiger partial charge in [-0.05, 0) is 43.4 Å². The second-order valence-electron chi connectivity index (χ2n) is 5.61. The molecule has 6 heteroatoms. The molecule has 0 atom stereocenters. The zero-order chi connectivity index (χ0) is 18.0. The highest BCUT2D eigenvalue weighted by Gasteiger charge is 2.15. The lowest BCUT2D eigenvalue weighted by atomic mass is 10.0. The van der Waals surface area contributed by atoms with Gasteiger partial charge in [-0.15, -0.1) is 11.8 Å². The third kappa shape index (κ3) is 3.44. The minimum Gasteiger partial charge on any atom is -0.457 e. The lowest BCUT2D eigenvalue weighted by Crippen LogP contribution is -2.09. The van der Waals surface area contributed by atoms with Gasteiger partial charge in [0.2, 0.25) is 0 Å². The van der Waals surface area contributed by atoms with Crippen LogP contribution in [0.3, 0.4) is 0 Å². The number of hydrogen-bond donors (Lipinski definition) is 0. The van der Waals surface area contributed by atoms with E-state index >= 15 is 0 Å². The van der Waals surface area contributed by atoms with E-state index in [4.69, 9.17) is 9.15 Å². The summed E-state index contributed by atoms with van der Waals surface area (Å²) in [5.74, 6) is -0.470. The van der Waals surface area contributed by atoms with Crippen molar-refractivity contribution in [3.8, 4) is 0 Å². The number of pyridine rings is 1. The molecule has 3 aromatic rings. The molecule has 0 saturated carbocycles. The lowest BCUT2D eigenvalue weighted by molar-refractivity contribution is 0.0468. The molecule has 0 aliphatic heterocycles. The zero-order valence-electron chi connectivity index (χ0n) is 14.2. The van der Waals surface area contributed by atoms with Crippen LogP contribution in [0.4, 0.5) is 0 Å². The summed E-state index contributed by atoms with van der Waals surface area (Å²) in [5, 5.41) is 1.38. The number of nitrogens with zero attached hydrogens (tertiary/aromatic N) is 1. The number of rotatable bonds is 4. The van der Waals surface area contributed by atoms with Crippen LogP contribution in [0.2, 0.25) is 0 Å². The van der Waals surface area contributed by atoms with Gasteiger partial charge in [0, 0.05) is 23.2 Å². The topological polar surface area (TPSA) is 69.4 Å². The van der Waals surface area contributed by atoms with Crippen LogP contribution >= 0.6 is 11.8 Å². The van der Waals surface area contributed by atoms with Gasteiger partial charge in [-0.1, -0.05) is 12.1 Å². The average Bonchev–Trinajstić information content (AvgIpc) is 2.62. The number of aryl methyl sites for hydroxylation is 2. The molecule has 0 N–H and O–H groups in total. The predicted molar refractivity (Wildman–Crippen MR) is 97.1 cm³/mol. The van der Waals surface area contributed by atoms with E-state index in [2.05, 4.69) is 4.98 Å². The SMILES string of the molecule is CSc1ncccc1C(=O)OCc1cc(=O)oc2c(C)c(C)ccc12. The van der Waals surface area contributed by atoms with Gasteiger partial charge in [-0.3, -0.25) is 0 Å². The molecule has 0 radical (unpaired) electrons. The maximum atomic E-state index is 12.4. The summed E-state index contributed by atoms with van der Waals surface area (Å²) in [6.45, 7) is 3.84. The minimum absolute atomic E-state index is 0.00779. The number of hydrogen-bond acceptors (Lipinski definition) is 6. The number of ether oxygens (including phenoxy) is 1. The van der Waals surface area contributed by atoms with Crippen LogP contribution in [0.15, 0.2) is 50.8 Å². The van der Waals surface area contributed by atoms with Gasteiger partial charge in [-0.25, -0.2) is 14.6 Å². The fraction of sp³-hybridized carbons (Fsp3) is 0.211. The third-order valence-electron chi connectivity index (χ3n) is 4.06. The molecule has 0 saturated heterocycles. The minimum atomic E-state index is -0.470. The van der Waals surface area contributed by atoms with Crippen molar-refractivity contribution >= 4 is 28.7 Å². The average molecular weight is 355 g/mol. The Kier molecular flexibility index (Phi) is 4.90. The molecule has 0 aliphatic carbocycles. The van der Waals surface area contributed by atoms with E-state index in [-0.39, 0.29) is 6.61 Å². The van der Waals surface area contributed by atoms with Gasteiger partial charge in [0.1, 0.15) is 17.2 Å². The number of aromatic nitrogens is 1. The van der Waals surface area contributed by atoms with Gasteiger partial charge in [-0.2, -0.15) is 0 Å². The maximum Gasteiger partial charge on any atom is 0.341 e. The first-order valence-electron chi connectivity index (χ1n) is 7.70. The highest BCUT2D eigenvalue weighted by molar-refractivity contribution is 7.98. The van der Waals surface area contributed by atoms with E-state index in [9.17, 15) is 9.59 Å². The molecular weight excluding hydrogens is 338 g/mol. The summed E-state index contributed by atoms with van der Waals surface area (Å²) < 4.78 is 10.7. The first-order valence-corrected chi connectivity index (χ1v) is 8.93. The van der Waals surface area contributed by atoms with Crippen molar-refractivity contribution in [3.63, 3.8) is 0 Å². The molecule has 0 unspecified atom stereocenters. The molecule has 0 aliphatic rings. The summed E-state index contributed by atoms with van der Waals surface area (Å²) in [5.41, 5.74) is 3.04. The summed E-state index contributed by atoms with van der Waals surface area (Å²) in [6.07, 6.45) is 3.48. The van der Waals surface area contributed by atoms with E-state index in [0.29, 0.717) is 21.7 Å². The fourth-order valence-corrected chi connectivity index (χ4v) is 3.11. The van der Waals surface area contributed by atoms with Gasteiger partial charge < -0.3 is 9.15 Å². The number of carbonyl (C=O) groups is 1. The fourth-order valence-electron chi connectivity index (χ4n) is 2.57. The van der Waals surface area contributed by atoms with Crippen LogP contribution in [-0.4, -0.2) is 17.2 Å². The first-order chi connectivity index (χ1) is 12.0. The van der Waals surface area contributed by atoms with Gasteiger partial charge >= 0.3 is 11.6 Å². The molecule has 5 nitrogen and oxygen atoms in total. The third-order valence-corrected chi connectivity index (χ3v) is 4.77. The number of thioether (sulfide) groups is 1. The summed E-state index contributed by atoms with van der Waals surface area (Å²) >= 11 is 1.38. The highest BCUT2D eigenvalue weighted by Crippen LogP contribution is 2.24. The Morgan fingerprint density at radius 2 is 2.08 bits per heavy atom. The van der Waals surface area contributed by atoms with E-state index in [1.165, 1.54) is 17.8 Å². The quantitative estimate of drug-likeness (QED) is 0.402. The molecule has 0 spiro atoms. The maximum absolute atomic E-state index is 12.4. The molecule has 25 heavy (non-hydrogen) atoms. The van der Waals surface area contributed by atoms with Crippen LogP contribution in [0, 0.1) is 13.8 Å². The molecule has 3 rings (SSSR count). The van der Waals surface area contributed by atoms with Crippen LogP contribution in [0.5, 0.6) is 0 Å². The second kappa shape index (κ2) is 7.11. The molecule has 0 fully saturated rings. The molecule has 128 valence electrons. The number of benzene rings is 1. The Hall–Kier alpha value is -2.60. The van der Waals surface area contributed by atoms with Crippen molar-refractivity contribution in [2.24, 2.45) is 0 Å². The van der Waals surface area contributed by atoms with E-state index in [1.54, 1.807) is 18.3 Å². The summed E-state index contributed by atoms with van der Waals surface area (Å²) in [6, 6.07) is 8.56. The smallest absolute Gasteiger partial charge is 0.341 e. The summed E-state index contributed by atoms with van der Waals surface area (Å²) in [7, 11) is 0. The van der Waals surface area contributed by atoms with Crippen molar-refractivity contribution in [2.45, 2.75) is 25.5 Å². The predicted octanol–water partition coefficient (Wildman–Crippen LogP) is 3.88. The Bertz CT molecular complexity index is 1010. The van der Waals surface area contributed by atoms with Crippen LogP contribution in [-0.2, 0) is 11.3 Å². The Morgan fingerprint density at radius 1 is 1.28 bits per heavy atom. The largest absolute Gasteiger partial charge is 0.457 e. The van der Waals surface area contributed by atoms with Crippen LogP contribution in [0.1, 0.15) is 27.0 Å². The van der Waals surface area contributed by atoms with Gasteiger partial charge in [0.25, 0.3) is 0 Å². The van der Waals surface area contributed by atoms with Crippen LogP contribution < -0.4 is 5.63 Å². The zero-order valence-corrected chi connectivity index (χ0v) is 15.0. The Balaban J connectivity index is 1.92. The first kappa shape index (κ1) is 17.2. The van der Waals surface area contributed by atoms with Crippen molar-refractivity contribution in [1.82, 2.24) is 4.98 Å². The van der Waals surface area contributed by atoms with Gasteiger partial charge in [0.15, 0.2) is 0 Å². The number of carbonyl (C=O) groups excluding carboxylic acids is 1. The molecule has 2 aromatic heterocycles. The van der Waals surface area contributed by atoms with Crippen LogP contribution in [0.25, 0.3) is 11.0 Å². The number of fused-ring (bicyclic) bond motifs is 1. The monoisotopic (exact) mass is 355 g/mol. The van der Waals surface area contributed by atoms with Gasteiger partial charge in [0.05, 0.1) is 5.56 Å². The Labute approximate surface area is 149 Å².